The molecule has 0 radical (unpaired) electrons. The number of carbonyl (C=O) groups excluding carboxylic acids is 2. The van der Waals surface area contributed by atoms with E-state index in [0.29, 0.717) is 12.1 Å². The van der Waals surface area contributed by atoms with Crippen molar-refractivity contribution in [3.8, 4) is 5.75 Å². The van der Waals surface area contributed by atoms with E-state index in [0.717, 1.165) is 37.0 Å². The van der Waals surface area contributed by atoms with Gasteiger partial charge in [0.05, 0.1) is 7.11 Å². The van der Waals surface area contributed by atoms with Crippen LogP contribution < -0.4 is 4.74 Å². The fourth-order valence-electron chi connectivity index (χ4n) is 8.50. The molecule has 5 aliphatic rings. The smallest absolute Gasteiger partial charge is 0.356 e. The number of methoxy groups -OCH3 is 1. The van der Waals surface area contributed by atoms with E-state index in [4.69, 9.17) is 14.3 Å². The second kappa shape index (κ2) is 7.33. The Bertz CT molecular complexity index is 1220. The van der Waals surface area contributed by atoms with E-state index < -0.39 is 22.6 Å². The quantitative estimate of drug-likeness (QED) is 0.425. The van der Waals surface area contributed by atoms with Gasteiger partial charge in [-0.2, -0.15) is 0 Å². The average molecular weight is 490 g/mol. The van der Waals surface area contributed by atoms with Gasteiger partial charge in [-0.05, 0) is 68.9 Å². The molecule has 1 unspecified atom stereocenters. The Hall–Kier alpha value is -2.89. The molecule has 2 fully saturated rings. The molecule has 2 bridgehead atoms. The van der Waals surface area contributed by atoms with Crippen molar-refractivity contribution in [3.05, 3.63) is 54.1 Å². The number of nitrogens with zero attached hydrogens (tertiary/aromatic N) is 1. The fraction of sp³-hybridized carbons (Fsp3) is 0.567. The number of hydrogen-bond acceptors (Lipinski definition) is 6. The second-order valence-corrected chi connectivity index (χ2v) is 12.5. The van der Waals surface area contributed by atoms with Crippen LogP contribution in [0, 0.1) is 22.7 Å². The zero-order chi connectivity index (χ0) is 25.6. The molecule has 0 aromatic heterocycles. The molecule has 4 aliphatic carbocycles. The molecule has 1 heterocycles. The molecule has 36 heavy (non-hydrogen) atoms. The van der Waals surface area contributed by atoms with Crippen LogP contribution in [0.4, 0.5) is 0 Å². The summed E-state index contributed by atoms with van der Waals surface area (Å²) in [6.45, 7) is 7.91. The van der Waals surface area contributed by atoms with E-state index >= 15 is 0 Å². The van der Waals surface area contributed by atoms with Gasteiger partial charge < -0.3 is 14.3 Å². The highest BCUT2D eigenvalue weighted by Gasteiger charge is 2.81. The van der Waals surface area contributed by atoms with E-state index in [2.05, 4.69) is 36.4 Å². The van der Waals surface area contributed by atoms with Crippen molar-refractivity contribution in [3.63, 3.8) is 0 Å². The molecule has 6 nitrogen and oxygen atoms in total. The summed E-state index contributed by atoms with van der Waals surface area (Å²) in [5, 5.41) is 4.28. The second-order valence-electron chi connectivity index (χ2n) is 12.5. The molecule has 190 valence electrons. The van der Waals surface area contributed by atoms with Gasteiger partial charge in [-0.1, -0.05) is 49.2 Å². The van der Waals surface area contributed by atoms with Crippen molar-refractivity contribution in [1.29, 1.82) is 0 Å². The summed E-state index contributed by atoms with van der Waals surface area (Å²) in [5.41, 5.74) is -0.876. The Morgan fingerprint density at radius 3 is 2.50 bits per heavy atom. The van der Waals surface area contributed by atoms with Gasteiger partial charge in [-0.15, -0.1) is 0 Å². The highest BCUT2D eigenvalue weighted by Crippen LogP contribution is 2.81. The van der Waals surface area contributed by atoms with E-state index in [1.54, 1.807) is 13.2 Å². The van der Waals surface area contributed by atoms with Crippen LogP contribution in [-0.2, 0) is 24.6 Å². The van der Waals surface area contributed by atoms with Gasteiger partial charge in [0.1, 0.15) is 11.4 Å². The third-order valence-electron chi connectivity index (χ3n) is 9.81. The maximum atomic E-state index is 13.9. The fourth-order valence-corrected chi connectivity index (χ4v) is 8.50. The van der Waals surface area contributed by atoms with Crippen LogP contribution in [0.15, 0.2) is 53.7 Å². The van der Waals surface area contributed by atoms with Gasteiger partial charge in [0.25, 0.3) is 0 Å². The largest absolute Gasteiger partial charge is 0.497 e. The number of esters is 1. The number of benzene rings is 1. The number of ether oxygens (including phenoxy) is 2. The first kappa shape index (κ1) is 23.5. The van der Waals surface area contributed by atoms with Gasteiger partial charge in [0, 0.05) is 29.1 Å². The Labute approximate surface area is 212 Å². The van der Waals surface area contributed by atoms with Crippen molar-refractivity contribution < 1.29 is 23.9 Å². The minimum atomic E-state index is -0.845. The monoisotopic (exact) mass is 489 g/mol. The summed E-state index contributed by atoms with van der Waals surface area (Å²) < 4.78 is 11.1. The highest BCUT2D eigenvalue weighted by molar-refractivity contribution is 6.37. The maximum Gasteiger partial charge on any atom is 0.356 e. The summed E-state index contributed by atoms with van der Waals surface area (Å²) in [5.74, 6) is 0.0668. The Morgan fingerprint density at radius 2 is 1.81 bits per heavy atom. The predicted molar refractivity (Wildman–Crippen MR) is 136 cm³/mol. The van der Waals surface area contributed by atoms with Crippen LogP contribution in [0.25, 0.3) is 0 Å². The predicted octanol–water partition coefficient (Wildman–Crippen LogP) is 5.31. The van der Waals surface area contributed by atoms with Gasteiger partial charge in [0.2, 0.25) is 0 Å². The van der Waals surface area contributed by atoms with E-state index in [1.807, 2.05) is 39.0 Å². The summed E-state index contributed by atoms with van der Waals surface area (Å²) >= 11 is 0. The molecule has 1 aromatic carbocycles. The number of rotatable bonds is 3. The van der Waals surface area contributed by atoms with Gasteiger partial charge in [-0.25, -0.2) is 4.79 Å². The van der Waals surface area contributed by atoms with Gasteiger partial charge in [-0.3, -0.25) is 4.79 Å². The molecule has 1 aliphatic heterocycles. The number of allylic oxidation sites excluding steroid dienone is 3. The molecule has 0 saturated heterocycles. The number of carbonyl (C=O) groups is 2. The van der Waals surface area contributed by atoms with Crippen molar-refractivity contribution in [2.75, 3.05) is 7.11 Å². The molecule has 1 aromatic rings. The highest BCUT2D eigenvalue weighted by atomic mass is 16.7. The zero-order valence-electron chi connectivity index (χ0n) is 21.8. The Balaban J connectivity index is 1.48. The molecule has 6 atom stereocenters. The van der Waals surface area contributed by atoms with Crippen LogP contribution in [-0.4, -0.2) is 35.8 Å². The van der Waals surface area contributed by atoms with Gasteiger partial charge >= 0.3 is 5.97 Å². The van der Waals surface area contributed by atoms with E-state index in [-0.39, 0.29) is 28.4 Å². The first-order valence-corrected chi connectivity index (χ1v) is 13.1. The number of oxime groups is 1. The Kier molecular flexibility index (Phi) is 4.79. The summed E-state index contributed by atoms with van der Waals surface area (Å²) in [7, 11) is 1.67. The van der Waals surface area contributed by atoms with Crippen molar-refractivity contribution in [2.45, 2.75) is 76.4 Å². The van der Waals surface area contributed by atoms with Crippen molar-refractivity contribution in [1.82, 2.24) is 0 Å². The molecular weight excluding hydrogens is 454 g/mol. The number of fused-ring (bicyclic) bond motifs is 3. The molecular formula is C30H35NO5. The summed E-state index contributed by atoms with van der Waals surface area (Å²) in [4.78, 5) is 33.0. The van der Waals surface area contributed by atoms with Crippen molar-refractivity contribution in [2.24, 2.45) is 27.8 Å². The van der Waals surface area contributed by atoms with E-state index in [9.17, 15) is 9.59 Å². The third-order valence-corrected chi connectivity index (χ3v) is 9.81. The van der Waals surface area contributed by atoms with Crippen LogP contribution >= 0.6 is 0 Å². The maximum absolute atomic E-state index is 13.9. The zero-order valence-corrected chi connectivity index (χ0v) is 21.8. The lowest BCUT2D eigenvalue weighted by Gasteiger charge is -2.52. The number of ketones is 1. The number of hydrogen-bond donors (Lipinski definition) is 0. The summed E-state index contributed by atoms with van der Waals surface area (Å²) in [6, 6.07) is 8.23. The van der Waals surface area contributed by atoms with Crippen molar-refractivity contribution >= 4 is 17.5 Å². The SMILES string of the molecule is COc1ccc(C23C=C[C@]4(CCCC[C@@]24C)[C@H]2[C@@H]3C(=O)C=C[C@]23CC(C(=O)OC(C)(C)C)=NO3)cc1. The first-order valence-electron chi connectivity index (χ1n) is 13.1. The minimum absolute atomic E-state index is 0.122. The molecule has 6 heteroatoms. The molecule has 2 saturated carbocycles. The standard InChI is InChI=1S/C30H35NO5/c1-26(2,3)35-25(33)21-18-29(36-31-21)15-12-22(32)23-24(29)28-14-7-6-13-27(28,4)30(23,17-16-28)19-8-10-20(34-5)11-9-19/h8-12,15-17,23-24H,6-7,13-14,18H2,1-5H3/t23-,24+,27+,28+,29-,30?/m0/s1. The minimum Gasteiger partial charge on any atom is -0.497 e. The lowest BCUT2D eigenvalue weighted by Crippen LogP contribution is -2.54. The topological polar surface area (TPSA) is 74.2 Å². The van der Waals surface area contributed by atoms with Crippen LogP contribution in [0.3, 0.4) is 0 Å². The molecule has 0 N–H and O–H groups in total. The van der Waals surface area contributed by atoms with Crippen LogP contribution in [0.2, 0.25) is 0 Å². The lowest BCUT2D eigenvalue weighted by atomic mass is 9.52. The normalized spacial score (nSPS) is 40.0. The Morgan fingerprint density at radius 1 is 1.08 bits per heavy atom. The van der Waals surface area contributed by atoms with Crippen LogP contribution in [0.1, 0.15) is 65.4 Å². The lowest BCUT2D eigenvalue weighted by molar-refractivity contribution is -0.146. The van der Waals surface area contributed by atoms with Gasteiger partial charge in [0.15, 0.2) is 17.1 Å². The molecule has 0 amide bonds. The molecule has 1 spiro atoms. The molecule has 6 rings (SSSR count). The van der Waals surface area contributed by atoms with E-state index in [1.165, 1.54) is 0 Å². The average Bonchev–Trinajstić information content (AvgIpc) is 3.45. The summed E-state index contributed by atoms with van der Waals surface area (Å²) in [6.07, 6.45) is 12.9. The van der Waals surface area contributed by atoms with Crippen LogP contribution in [0.5, 0.6) is 5.75 Å². The third kappa shape index (κ3) is 2.76. The first-order chi connectivity index (χ1) is 17.0.